The van der Waals surface area contributed by atoms with Crippen LogP contribution in [-0.4, -0.2) is 12.5 Å². The first-order chi connectivity index (χ1) is 5.38. The Morgan fingerprint density at radius 3 is 3.00 bits per heavy atom. The number of hydrogen-bond acceptors (Lipinski definition) is 1. The van der Waals surface area contributed by atoms with E-state index in [0.29, 0.717) is 5.92 Å². The van der Waals surface area contributed by atoms with Crippen LogP contribution in [0.3, 0.4) is 0 Å². The minimum Gasteiger partial charge on any atom is -0.356 e. The summed E-state index contributed by atoms with van der Waals surface area (Å²) < 4.78 is 0. The van der Waals surface area contributed by atoms with Crippen LogP contribution in [-0.2, 0) is 4.79 Å². The smallest absolute Gasteiger partial charge is 0.227 e. The lowest BCUT2D eigenvalue weighted by Crippen LogP contribution is -2.41. The zero-order valence-electron chi connectivity index (χ0n) is 6.29. The molecule has 2 rings (SSSR count). The van der Waals surface area contributed by atoms with Gasteiger partial charge in [0.1, 0.15) is 0 Å². The van der Waals surface area contributed by atoms with Gasteiger partial charge in [-0.1, -0.05) is 24.3 Å². The topological polar surface area (TPSA) is 29.1 Å². The fraction of sp³-hybridized carbons (Fsp3) is 0.444. The van der Waals surface area contributed by atoms with Crippen LogP contribution in [0.4, 0.5) is 0 Å². The Labute approximate surface area is 66.0 Å². The van der Waals surface area contributed by atoms with Crippen molar-refractivity contribution in [3.63, 3.8) is 0 Å². The summed E-state index contributed by atoms with van der Waals surface area (Å²) in [6.45, 7) is 0.832. The SMILES string of the molecule is O=C1NCC[C@H]2C=CC=C[C@@H]12. The van der Waals surface area contributed by atoms with Crippen molar-refractivity contribution in [3.05, 3.63) is 24.3 Å². The lowest BCUT2D eigenvalue weighted by Gasteiger charge is -2.28. The first kappa shape index (κ1) is 6.65. The molecule has 1 aliphatic carbocycles. The van der Waals surface area contributed by atoms with Crippen molar-refractivity contribution in [1.29, 1.82) is 0 Å². The molecule has 0 radical (unpaired) electrons. The summed E-state index contributed by atoms with van der Waals surface area (Å²) in [5.74, 6) is 0.740. The number of carbonyl (C=O) groups excluding carboxylic acids is 1. The lowest BCUT2D eigenvalue weighted by atomic mass is 9.83. The third kappa shape index (κ3) is 1.09. The number of nitrogens with one attached hydrogen (secondary N) is 1. The largest absolute Gasteiger partial charge is 0.356 e. The monoisotopic (exact) mass is 149 g/mol. The number of rotatable bonds is 0. The van der Waals surface area contributed by atoms with Crippen LogP contribution in [0.2, 0.25) is 0 Å². The summed E-state index contributed by atoms with van der Waals surface area (Å²) >= 11 is 0. The Morgan fingerprint density at radius 1 is 1.36 bits per heavy atom. The average molecular weight is 149 g/mol. The summed E-state index contributed by atoms with van der Waals surface area (Å²) in [4.78, 5) is 11.2. The fourth-order valence-electron chi connectivity index (χ4n) is 1.69. The van der Waals surface area contributed by atoms with Gasteiger partial charge in [-0.15, -0.1) is 0 Å². The van der Waals surface area contributed by atoms with Gasteiger partial charge in [-0.05, 0) is 12.3 Å². The molecule has 0 unspecified atom stereocenters. The standard InChI is InChI=1S/C9H11NO/c11-9-8-4-2-1-3-7(8)5-6-10-9/h1-4,7-8H,5-6H2,(H,10,11)/t7-,8-/m1/s1. The van der Waals surface area contributed by atoms with Crippen molar-refractivity contribution in [2.24, 2.45) is 11.8 Å². The summed E-state index contributed by atoms with van der Waals surface area (Å²) in [5.41, 5.74) is 0. The van der Waals surface area contributed by atoms with Gasteiger partial charge in [-0.25, -0.2) is 0 Å². The highest BCUT2D eigenvalue weighted by Crippen LogP contribution is 2.25. The molecule has 0 aromatic carbocycles. The molecule has 2 aliphatic rings. The maximum atomic E-state index is 11.2. The van der Waals surface area contributed by atoms with Crippen LogP contribution in [0.25, 0.3) is 0 Å². The van der Waals surface area contributed by atoms with E-state index in [1.807, 2.05) is 18.2 Å². The van der Waals surface area contributed by atoms with Gasteiger partial charge in [0, 0.05) is 6.54 Å². The molecule has 1 heterocycles. The lowest BCUT2D eigenvalue weighted by molar-refractivity contribution is -0.126. The van der Waals surface area contributed by atoms with E-state index >= 15 is 0 Å². The molecule has 0 aromatic rings. The predicted molar refractivity (Wildman–Crippen MR) is 42.9 cm³/mol. The zero-order chi connectivity index (χ0) is 7.68. The molecule has 1 amide bonds. The highest BCUT2D eigenvalue weighted by atomic mass is 16.1. The van der Waals surface area contributed by atoms with E-state index in [-0.39, 0.29) is 11.8 Å². The Morgan fingerprint density at radius 2 is 2.18 bits per heavy atom. The van der Waals surface area contributed by atoms with E-state index in [4.69, 9.17) is 0 Å². The van der Waals surface area contributed by atoms with Gasteiger partial charge in [0.25, 0.3) is 0 Å². The second-order valence-electron chi connectivity index (χ2n) is 3.04. The summed E-state index contributed by atoms with van der Waals surface area (Å²) in [6.07, 6.45) is 9.17. The van der Waals surface area contributed by atoms with E-state index in [1.165, 1.54) is 0 Å². The van der Waals surface area contributed by atoms with Crippen LogP contribution in [0.5, 0.6) is 0 Å². The second-order valence-corrected chi connectivity index (χ2v) is 3.04. The average Bonchev–Trinajstić information content (AvgIpc) is 2.06. The van der Waals surface area contributed by atoms with Crippen LogP contribution in [0, 0.1) is 11.8 Å². The number of allylic oxidation sites excluding steroid dienone is 3. The van der Waals surface area contributed by atoms with Crippen LogP contribution < -0.4 is 5.32 Å². The van der Waals surface area contributed by atoms with Gasteiger partial charge in [-0.3, -0.25) is 4.79 Å². The summed E-state index contributed by atoms with van der Waals surface area (Å²) in [7, 11) is 0. The molecular formula is C9H11NO. The van der Waals surface area contributed by atoms with E-state index in [1.54, 1.807) is 0 Å². The molecule has 2 nitrogen and oxygen atoms in total. The van der Waals surface area contributed by atoms with Crippen molar-refractivity contribution in [3.8, 4) is 0 Å². The number of piperidine rings is 1. The van der Waals surface area contributed by atoms with Gasteiger partial charge in [0.15, 0.2) is 0 Å². The first-order valence-electron chi connectivity index (χ1n) is 4.00. The summed E-state index contributed by atoms with van der Waals surface area (Å²) in [6, 6.07) is 0. The zero-order valence-corrected chi connectivity index (χ0v) is 6.29. The van der Waals surface area contributed by atoms with E-state index < -0.39 is 0 Å². The van der Waals surface area contributed by atoms with Crippen LogP contribution in [0.1, 0.15) is 6.42 Å². The molecule has 1 N–H and O–H groups in total. The van der Waals surface area contributed by atoms with E-state index in [2.05, 4.69) is 11.4 Å². The third-order valence-electron chi connectivity index (χ3n) is 2.33. The molecule has 0 aromatic heterocycles. The Hall–Kier alpha value is -1.05. The van der Waals surface area contributed by atoms with Gasteiger partial charge in [0.2, 0.25) is 5.91 Å². The number of fused-ring (bicyclic) bond motifs is 1. The third-order valence-corrected chi connectivity index (χ3v) is 2.33. The molecular weight excluding hydrogens is 138 g/mol. The van der Waals surface area contributed by atoms with Crippen molar-refractivity contribution < 1.29 is 4.79 Å². The van der Waals surface area contributed by atoms with Crippen LogP contribution >= 0.6 is 0 Å². The van der Waals surface area contributed by atoms with Crippen molar-refractivity contribution in [2.45, 2.75) is 6.42 Å². The van der Waals surface area contributed by atoms with Gasteiger partial charge < -0.3 is 5.32 Å². The Kier molecular flexibility index (Phi) is 1.53. The molecule has 1 aliphatic heterocycles. The van der Waals surface area contributed by atoms with Crippen LogP contribution in [0.15, 0.2) is 24.3 Å². The fourth-order valence-corrected chi connectivity index (χ4v) is 1.69. The molecule has 0 spiro atoms. The highest BCUT2D eigenvalue weighted by molar-refractivity contribution is 5.82. The number of carbonyl (C=O) groups is 1. The quantitative estimate of drug-likeness (QED) is 0.544. The van der Waals surface area contributed by atoms with Crippen molar-refractivity contribution >= 4 is 5.91 Å². The van der Waals surface area contributed by atoms with Gasteiger partial charge >= 0.3 is 0 Å². The molecule has 2 heteroatoms. The van der Waals surface area contributed by atoms with Gasteiger partial charge in [0.05, 0.1) is 5.92 Å². The first-order valence-corrected chi connectivity index (χ1v) is 4.00. The van der Waals surface area contributed by atoms with E-state index in [9.17, 15) is 4.79 Å². The van der Waals surface area contributed by atoms with Crippen molar-refractivity contribution in [1.82, 2.24) is 5.32 Å². The Bertz CT molecular complexity index is 230. The summed E-state index contributed by atoms with van der Waals surface area (Å²) in [5, 5.41) is 2.86. The predicted octanol–water partition coefficient (Wildman–Crippen LogP) is 0.865. The minimum absolute atomic E-state index is 0.105. The number of amides is 1. The minimum atomic E-state index is 0.105. The molecule has 1 saturated heterocycles. The molecule has 58 valence electrons. The normalized spacial score (nSPS) is 34.7. The Balaban J connectivity index is 2.20. The molecule has 1 fully saturated rings. The van der Waals surface area contributed by atoms with Gasteiger partial charge in [-0.2, -0.15) is 0 Å². The maximum absolute atomic E-state index is 11.2. The van der Waals surface area contributed by atoms with Crippen molar-refractivity contribution in [2.75, 3.05) is 6.54 Å². The molecule has 0 bridgehead atoms. The second kappa shape index (κ2) is 2.53. The molecule has 0 saturated carbocycles. The number of hydrogen-bond donors (Lipinski definition) is 1. The van der Waals surface area contributed by atoms with E-state index in [0.717, 1.165) is 13.0 Å². The molecule has 2 atom stereocenters. The highest BCUT2D eigenvalue weighted by Gasteiger charge is 2.28. The maximum Gasteiger partial charge on any atom is 0.227 e. The molecule has 11 heavy (non-hydrogen) atoms.